The Morgan fingerprint density at radius 2 is 1.49 bits per heavy atom. The summed E-state index contributed by atoms with van der Waals surface area (Å²) in [6, 6.07) is 21.6. The van der Waals surface area contributed by atoms with Crippen LogP contribution in [0.3, 0.4) is 0 Å². The number of carbonyl (C=O) groups is 1. The summed E-state index contributed by atoms with van der Waals surface area (Å²) >= 11 is 0. The van der Waals surface area contributed by atoms with E-state index in [4.69, 9.17) is 0 Å². The Hall–Kier alpha value is -4.11. The van der Waals surface area contributed by atoms with Crippen LogP contribution in [0.4, 0.5) is 11.4 Å². The van der Waals surface area contributed by atoms with Crippen molar-refractivity contribution in [3.63, 3.8) is 0 Å². The zero-order valence-corrected chi connectivity index (χ0v) is 22.3. The molecule has 0 bridgehead atoms. The smallest absolute Gasteiger partial charge is 0.295 e. The normalized spacial score (nSPS) is 11.4. The Morgan fingerprint density at radius 1 is 0.892 bits per heavy atom. The molecule has 37 heavy (non-hydrogen) atoms. The number of carbonyl (C=O) groups excluding carboxylic acids is 1. The quantitative estimate of drug-likeness (QED) is 0.394. The summed E-state index contributed by atoms with van der Waals surface area (Å²) in [5, 5.41) is 2.75. The zero-order chi connectivity index (χ0) is 26.9. The third-order valence-electron chi connectivity index (χ3n) is 6.42. The average molecular weight is 519 g/mol. The number of sulfonamides is 1. The summed E-state index contributed by atoms with van der Waals surface area (Å²) in [6.45, 7) is 5.66. The molecule has 3 aromatic carbocycles. The lowest BCUT2D eigenvalue weighted by atomic mass is 10.1. The lowest BCUT2D eigenvalue weighted by Crippen LogP contribution is -2.30. The summed E-state index contributed by atoms with van der Waals surface area (Å²) < 4.78 is 29.9. The third-order valence-corrected chi connectivity index (χ3v) is 7.54. The lowest BCUT2D eigenvalue weighted by molar-refractivity contribution is 0.102. The van der Waals surface area contributed by atoms with E-state index in [0.29, 0.717) is 22.6 Å². The van der Waals surface area contributed by atoms with Crippen molar-refractivity contribution in [1.29, 1.82) is 0 Å². The van der Waals surface area contributed by atoms with E-state index in [-0.39, 0.29) is 17.8 Å². The average Bonchev–Trinajstić information content (AvgIpc) is 3.06. The molecule has 0 aliphatic heterocycles. The molecule has 8 nitrogen and oxygen atoms in total. The molecule has 1 heterocycles. The first kappa shape index (κ1) is 26.0. The molecule has 0 radical (unpaired) electrons. The van der Waals surface area contributed by atoms with Crippen molar-refractivity contribution >= 4 is 27.3 Å². The standard InChI is InChI=1S/C28H30N4O4S/c1-19-10-9-11-20(2)26(19)31(37(5,35)36)18-22-14-16-23(17-15-22)27(33)29-25-21(3)30(4)32(28(25)34)24-12-7-6-8-13-24/h6-17H,18H2,1-5H3,(H,29,33). The van der Waals surface area contributed by atoms with Crippen LogP contribution in [0.1, 0.15) is 32.7 Å². The first-order valence-corrected chi connectivity index (χ1v) is 13.6. The second kappa shape index (κ2) is 10.1. The first-order chi connectivity index (χ1) is 17.5. The molecule has 0 saturated carbocycles. The first-order valence-electron chi connectivity index (χ1n) is 11.8. The highest BCUT2D eigenvalue weighted by atomic mass is 32.2. The van der Waals surface area contributed by atoms with Gasteiger partial charge in [0.1, 0.15) is 5.69 Å². The summed E-state index contributed by atoms with van der Waals surface area (Å²) in [4.78, 5) is 26.1. The van der Waals surface area contributed by atoms with E-state index in [1.807, 2.05) is 62.4 Å². The van der Waals surface area contributed by atoms with Crippen LogP contribution in [-0.2, 0) is 23.6 Å². The van der Waals surface area contributed by atoms with Crippen molar-refractivity contribution in [1.82, 2.24) is 9.36 Å². The molecular formula is C28H30N4O4S. The fraction of sp³-hybridized carbons (Fsp3) is 0.214. The SMILES string of the molecule is Cc1cccc(C)c1N(Cc1ccc(C(=O)Nc2c(C)n(C)n(-c3ccccc3)c2=O)cc1)S(C)(=O)=O. The molecule has 0 aliphatic carbocycles. The summed E-state index contributed by atoms with van der Waals surface area (Å²) in [6.07, 6.45) is 1.19. The molecule has 1 amide bonds. The van der Waals surface area contributed by atoms with Gasteiger partial charge >= 0.3 is 0 Å². The molecule has 0 atom stereocenters. The van der Waals surface area contributed by atoms with Crippen molar-refractivity contribution in [3.8, 4) is 5.69 Å². The molecule has 0 spiro atoms. The Bertz CT molecular complexity index is 1600. The zero-order valence-electron chi connectivity index (χ0n) is 21.5. The van der Waals surface area contributed by atoms with Gasteiger partial charge in [0.05, 0.1) is 29.9 Å². The van der Waals surface area contributed by atoms with Crippen molar-refractivity contribution in [3.05, 3.63) is 111 Å². The maximum atomic E-state index is 13.1. The molecule has 192 valence electrons. The van der Waals surface area contributed by atoms with Gasteiger partial charge in [-0.1, -0.05) is 48.5 Å². The Labute approximate surface area is 216 Å². The molecule has 0 fully saturated rings. The predicted octanol–water partition coefficient (Wildman–Crippen LogP) is 4.32. The lowest BCUT2D eigenvalue weighted by Gasteiger charge is -2.26. The van der Waals surface area contributed by atoms with Gasteiger partial charge in [0.15, 0.2) is 0 Å². The molecular weight excluding hydrogens is 488 g/mol. The molecule has 1 aromatic heterocycles. The molecule has 0 saturated heterocycles. The van der Waals surface area contributed by atoms with E-state index in [0.717, 1.165) is 16.7 Å². The van der Waals surface area contributed by atoms with Gasteiger partial charge in [-0.2, -0.15) is 0 Å². The fourth-order valence-corrected chi connectivity index (χ4v) is 5.39. The van der Waals surface area contributed by atoms with Gasteiger partial charge in [-0.05, 0) is 61.7 Å². The third kappa shape index (κ3) is 5.22. The minimum absolute atomic E-state index is 0.131. The highest BCUT2D eigenvalue weighted by Gasteiger charge is 2.22. The number of aryl methyl sites for hydroxylation is 2. The molecule has 1 N–H and O–H groups in total. The maximum Gasteiger partial charge on any atom is 0.295 e. The minimum atomic E-state index is -3.55. The number of nitrogens with zero attached hydrogens (tertiary/aromatic N) is 3. The van der Waals surface area contributed by atoms with Crippen molar-refractivity contribution in [2.24, 2.45) is 7.05 Å². The van der Waals surface area contributed by atoms with Crippen LogP contribution in [-0.4, -0.2) is 29.9 Å². The van der Waals surface area contributed by atoms with E-state index in [1.54, 1.807) is 42.9 Å². The number of para-hydroxylation sites is 2. The topological polar surface area (TPSA) is 93.4 Å². The van der Waals surface area contributed by atoms with Crippen LogP contribution in [0.5, 0.6) is 0 Å². The van der Waals surface area contributed by atoms with Crippen LogP contribution < -0.4 is 15.2 Å². The number of anilines is 2. The fourth-order valence-electron chi connectivity index (χ4n) is 4.39. The molecule has 0 unspecified atom stereocenters. The molecule has 4 rings (SSSR count). The summed E-state index contributed by atoms with van der Waals surface area (Å²) in [5.74, 6) is -0.424. The van der Waals surface area contributed by atoms with E-state index < -0.39 is 15.9 Å². The van der Waals surface area contributed by atoms with Crippen LogP contribution in [0.2, 0.25) is 0 Å². The van der Waals surface area contributed by atoms with Crippen LogP contribution in [0.15, 0.2) is 77.6 Å². The van der Waals surface area contributed by atoms with Gasteiger partial charge in [0.25, 0.3) is 11.5 Å². The van der Waals surface area contributed by atoms with Gasteiger partial charge in [-0.3, -0.25) is 18.6 Å². The van der Waals surface area contributed by atoms with E-state index in [9.17, 15) is 18.0 Å². The van der Waals surface area contributed by atoms with Crippen molar-refractivity contribution in [2.45, 2.75) is 27.3 Å². The minimum Gasteiger partial charge on any atom is -0.316 e. The van der Waals surface area contributed by atoms with E-state index in [1.165, 1.54) is 15.2 Å². The molecule has 4 aromatic rings. The highest BCUT2D eigenvalue weighted by molar-refractivity contribution is 7.92. The van der Waals surface area contributed by atoms with E-state index >= 15 is 0 Å². The summed E-state index contributed by atoms with van der Waals surface area (Å²) in [7, 11) is -1.79. The molecule has 0 aliphatic rings. The number of hydrogen-bond donors (Lipinski definition) is 1. The monoisotopic (exact) mass is 518 g/mol. The molecule has 9 heteroatoms. The number of aromatic nitrogens is 2. The maximum absolute atomic E-state index is 13.1. The van der Waals surface area contributed by atoms with Gasteiger partial charge in [-0.25, -0.2) is 13.1 Å². The van der Waals surface area contributed by atoms with Gasteiger partial charge in [-0.15, -0.1) is 0 Å². The van der Waals surface area contributed by atoms with Gasteiger partial charge in [0, 0.05) is 12.6 Å². The van der Waals surface area contributed by atoms with Gasteiger partial charge in [0.2, 0.25) is 10.0 Å². The Balaban J connectivity index is 1.58. The predicted molar refractivity (Wildman–Crippen MR) is 147 cm³/mol. The number of nitrogens with one attached hydrogen (secondary N) is 1. The number of benzene rings is 3. The van der Waals surface area contributed by atoms with Gasteiger partial charge < -0.3 is 5.32 Å². The highest BCUT2D eigenvalue weighted by Crippen LogP contribution is 2.28. The second-order valence-corrected chi connectivity index (χ2v) is 11.0. The Morgan fingerprint density at radius 3 is 2.05 bits per heavy atom. The van der Waals surface area contributed by atoms with Crippen LogP contribution in [0.25, 0.3) is 5.69 Å². The van der Waals surface area contributed by atoms with E-state index in [2.05, 4.69) is 5.32 Å². The van der Waals surface area contributed by atoms with Crippen LogP contribution in [0, 0.1) is 20.8 Å². The largest absolute Gasteiger partial charge is 0.316 e. The van der Waals surface area contributed by atoms with Crippen molar-refractivity contribution < 1.29 is 13.2 Å². The number of amides is 1. The van der Waals surface area contributed by atoms with Crippen LogP contribution >= 0.6 is 0 Å². The number of hydrogen-bond acceptors (Lipinski definition) is 4. The summed E-state index contributed by atoms with van der Waals surface area (Å²) in [5.41, 5.74) is 4.66. The van der Waals surface area contributed by atoms with Crippen molar-refractivity contribution in [2.75, 3.05) is 15.9 Å². The second-order valence-electron chi connectivity index (χ2n) is 9.10. The Kier molecular flexibility index (Phi) is 7.09. The number of rotatable bonds is 7.